The van der Waals surface area contributed by atoms with Crippen LogP contribution in [0.4, 0.5) is 0 Å². The molecule has 1 aromatic carbocycles. The summed E-state index contributed by atoms with van der Waals surface area (Å²) in [6.07, 6.45) is 2.21. The molecule has 0 aliphatic rings. The summed E-state index contributed by atoms with van der Waals surface area (Å²) in [5, 5.41) is 2.93. The van der Waals surface area contributed by atoms with Crippen molar-refractivity contribution in [3.8, 4) is 10.7 Å². The number of pyridine rings is 1. The third-order valence-electron chi connectivity index (χ3n) is 3.24. The van der Waals surface area contributed by atoms with Crippen molar-refractivity contribution in [3.05, 3.63) is 64.8 Å². The first kappa shape index (κ1) is 17.0. The number of benzene rings is 1. The highest BCUT2D eigenvalue weighted by Gasteiger charge is 2.16. The molecule has 0 saturated heterocycles. The van der Waals surface area contributed by atoms with Crippen molar-refractivity contribution >= 4 is 33.0 Å². The molecule has 8 heteroatoms. The summed E-state index contributed by atoms with van der Waals surface area (Å²) in [5.41, 5.74) is 1.63. The first-order chi connectivity index (χ1) is 11.6. The predicted octanol–water partition coefficient (Wildman–Crippen LogP) is 3.38. The number of nitrogens with one attached hydrogen (secondary N) is 1. The Morgan fingerprint density at radius 1 is 1.12 bits per heavy atom. The molecule has 1 N–H and O–H groups in total. The number of rotatable bonds is 6. The summed E-state index contributed by atoms with van der Waals surface area (Å²) in [7, 11) is -3.63. The van der Waals surface area contributed by atoms with Gasteiger partial charge in [0.05, 0.1) is 16.4 Å². The smallest absolute Gasteiger partial charge is 0.242 e. The van der Waals surface area contributed by atoms with Gasteiger partial charge in [-0.25, -0.2) is 18.1 Å². The predicted molar refractivity (Wildman–Crippen MR) is 95.7 cm³/mol. The van der Waals surface area contributed by atoms with E-state index in [9.17, 15) is 8.42 Å². The number of hydrogen-bond donors (Lipinski definition) is 1. The average Bonchev–Trinajstić information content (AvgIpc) is 3.05. The number of hydrogen-bond acceptors (Lipinski definition) is 5. The van der Waals surface area contributed by atoms with Gasteiger partial charge in [-0.2, -0.15) is 0 Å². The lowest BCUT2D eigenvalue weighted by atomic mass is 10.3. The fourth-order valence-corrected chi connectivity index (χ4v) is 4.46. The Morgan fingerprint density at radius 2 is 1.92 bits per heavy atom. The van der Waals surface area contributed by atoms with Crippen molar-refractivity contribution in [2.75, 3.05) is 6.54 Å². The van der Waals surface area contributed by atoms with Crippen molar-refractivity contribution < 1.29 is 8.42 Å². The molecule has 0 amide bonds. The van der Waals surface area contributed by atoms with Crippen LogP contribution >= 0.6 is 22.9 Å². The van der Waals surface area contributed by atoms with E-state index in [4.69, 9.17) is 11.6 Å². The van der Waals surface area contributed by atoms with Crippen molar-refractivity contribution in [2.24, 2.45) is 0 Å². The fraction of sp³-hybridized carbons (Fsp3) is 0.125. The summed E-state index contributed by atoms with van der Waals surface area (Å²) in [5.74, 6) is 0. The normalized spacial score (nSPS) is 11.5. The van der Waals surface area contributed by atoms with Gasteiger partial charge >= 0.3 is 0 Å². The molecule has 0 spiro atoms. The third-order valence-corrected chi connectivity index (χ3v) is 6.11. The van der Waals surface area contributed by atoms with Crippen LogP contribution in [-0.4, -0.2) is 24.9 Å². The highest BCUT2D eigenvalue weighted by atomic mass is 35.5. The molecule has 0 bridgehead atoms. The van der Waals surface area contributed by atoms with Crippen LogP contribution in [0.5, 0.6) is 0 Å². The van der Waals surface area contributed by atoms with E-state index < -0.39 is 10.0 Å². The van der Waals surface area contributed by atoms with Crippen LogP contribution in [0.3, 0.4) is 0 Å². The first-order valence-corrected chi connectivity index (χ1v) is 9.90. The lowest BCUT2D eigenvalue weighted by Gasteiger charge is -2.07. The Hall–Kier alpha value is -1.80. The van der Waals surface area contributed by atoms with Gasteiger partial charge in [0.25, 0.3) is 0 Å². The van der Waals surface area contributed by atoms with Crippen molar-refractivity contribution in [1.82, 2.24) is 14.7 Å². The van der Waals surface area contributed by atoms with E-state index in [-0.39, 0.29) is 16.5 Å². The second kappa shape index (κ2) is 7.40. The van der Waals surface area contributed by atoms with E-state index in [2.05, 4.69) is 14.7 Å². The van der Waals surface area contributed by atoms with E-state index in [0.717, 1.165) is 16.4 Å². The quantitative estimate of drug-likeness (QED) is 0.712. The first-order valence-electron chi connectivity index (χ1n) is 7.16. The topological polar surface area (TPSA) is 72.0 Å². The standard InChI is InChI=1S/C16H14ClN3O2S2/c17-13-5-1-2-7-15(13)24(21,22)19-10-8-12-11-23-16(20-12)14-6-3-4-9-18-14/h1-7,9,11,19H,8,10H2. The maximum Gasteiger partial charge on any atom is 0.242 e. The van der Waals surface area contributed by atoms with Crippen LogP contribution in [-0.2, 0) is 16.4 Å². The zero-order chi connectivity index (χ0) is 17.0. The van der Waals surface area contributed by atoms with E-state index in [1.165, 1.54) is 17.4 Å². The molecule has 0 atom stereocenters. The Bertz CT molecular complexity index is 927. The summed E-state index contributed by atoms with van der Waals surface area (Å²) in [6, 6.07) is 12.0. The second-order valence-corrected chi connectivity index (χ2v) is 7.94. The van der Waals surface area contributed by atoms with Gasteiger partial charge in [0, 0.05) is 24.5 Å². The highest BCUT2D eigenvalue weighted by molar-refractivity contribution is 7.89. The Kier molecular flexibility index (Phi) is 5.25. The molecule has 3 aromatic rings. The van der Waals surface area contributed by atoms with E-state index in [1.807, 2.05) is 23.6 Å². The number of halogens is 1. The maximum absolute atomic E-state index is 12.2. The minimum atomic E-state index is -3.63. The van der Waals surface area contributed by atoms with Crippen LogP contribution in [0.25, 0.3) is 10.7 Å². The Morgan fingerprint density at radius 3 is 2.67 bits per heavy atom. The van der Waals surface area contributed by atoms with Crippen molar-refractivity contribution in [2.45, 2.75) is 11.3 Å². The molecule has 0 aliphatic heterocycles. The zero-order valence-corrected chi connectivity index (χ0v) is 14.9. The van der Waals surface area contributed by atoms with Crippen molar-refractivity contribution in [3.63, 3.8) is 0 Å². The van der Waals surface area contributed by atoms with Gasteiger partial charge in [-0.05, 0) is 24.3 Å². The van der Waals surface area contributed by atoms with Gasteiger partial charge in [0.2, 0.25) is 10.0 Å². The molecule has 2 aromatic heterocycles. The molecule has 0 fully saturated rings. The Labute approximate surface area is 149 Å². The van der Waals surface area contributed by atoms with Gasteiger partial charge in [-0.15, -0.1) is 11.3 Å². The van der Waals surface area contributed by atoms with Gasteiger partial charge in [-0.1, -0.05) is 29.8 Å². The minimum Gasteiger partial charge on any atom is -0.254 e. The summed E-state index contributed by atoms with van der Waals surface area (Å²) < 4.78 is 27.0. The number of thiazole rings is 1. The third kappa shape index (κ3) is 3.99. The molecule has 24 heavy (non-hydrogen) atoms. The molecule has 0 saturated carbocycles. The van der Waals surface area contributed by atoms with Gasteiger partial charge in [0.1, 0.15) is 9.90 Å². The average molecular weight is 380 g/mol. The van der Waals surface area contributed by atoms with Crippen LogP contribution < -0.4 is 4.72 Å². The molecule has 124 valence electrons. The van der Waals surface area contributed by atoms with Gasteiger partial charge in [0.15, 0.2) is 0 Å². The minimum absolute atomic E-state index is 0.0825. The van der Waals surface area contributed by atoms with Crippen LogP contribution in [0.2, 0.25) is 5.02 Å². The molecule has 5 nitrogen and oxygen atoms in total. The summed E-state index contributed by atoms with van der Waals surface area (Å²) in [6.45, 7) is 0.249. The number of sulfonamides is 1. The summed E-state index contributed by atoms with van der Waals surface area (Å²) in [4.78, 5) is 8.82. The highest BCUT2D eigenvalue weighted by Crippen LogP contribution is 2.22. The largest absolute Gasteiger partial charge is 0.254 e. The van der Waals surface area contributed by atoms with Crippen LogP contribution in [0.15, 0.2) is 58.9 Å². The zero-order valence-electron chi connectivity index (χ0n) is 12.5. The molecule has 3 rings (SSSR count). The SMILES string of the molecule is O=S(=O)(NCCc1csc(-c2ccccn2)n1)c1ccccc1Cl. The van der Waals surface area contributed by atoms with Gasteiger partial charge < -0.3 is 0 Å². The van der Waals surface area contributed by atoms with Crippen molar-refractivity contribution in [1.29, 1.82) is 0 Å². The lowest BCUT2D eigenvalue weighted by molar-refractivity contribution is 0.581. The van der Waals surface area contributed by atoms with Crippen LogP contribution in [0, 0.1) is 0 Å². The number of nitrogens with zero attached hydrogens (tertiary/aromatic N) is 2. The molecule has 0 aliphatic carbocycles. The number of aromatic nitrogens is 2. The van der Waals surface area contributed by atoms with Gasteiger partial charge in [-0.3, -0.25) is 4.98 Å². The van der Waals surface area contributed by atoms with Crippen LogP contribution in [0.1, 0.15) is 5.69 Å². The van der Waals surface area contributed by atoms with E-state index in [1.54, 1.807) is 24.4 Å². The second-order valence-electron chi connectivity index (χ2n) is 4.94. The fourth-order valence-electron chi connectivity index (χ4n) is 2.08. The molecular formula is C16H14ClN3O2S2. The summed E-state index contributed by atoms with van der Waals surface area (Å²) >= 11 is 7.43. The van der Waals surface area contributed by atoms with E-state index in [0.29, 0.717) is 6.42 Å². The Balaban J connectivity index is 1.63. The molecule has 2 heterocycles. The van der Waals surface area contributed by atoms with E-state index >= 15 is 0 Å². The maximum atomic E-state index is 12.2. The molecule has 0 radical (unpaired) electrons. The molecular weight excluding hydrogens is 366 g/mol. The molecule has 0 unspecified atom stereocenters. The monoisotopic (exact) mass is 379 g/mol. The lowest BCUT2D eigenvalue weighted by Crippen LogP contribution is -2.26.